The molecule has 2 N–H and O–H groups in total. The molecule has 0 unspecified atom stereocenters. The molecule has 3 rings (SSSR count). The Labute approximate surface area is 121 Å². The van der Waals surface area contributed by atoms with Crippen molar-refractivity contribution in [3.63, 3.8) is 0 Å². The minimum atomic E-state index is -0.0542. The molecule has 0 bridgehead atoms. The SMILES string of the molecule is Cc1ccc(Cc2ccc3c(c2)NC(C)(C)N3)cc1C. The maximum atomic E-state index is 3.51. The van der Waals surface area contributed by atoms with Crippen molar-refractivity contribution in [1.82, 2.24) is 0 Å². The van der Waals surface area contributed by atoms with Crippen LogP contribution >= 0.6 is 0 Å². The lowest BCUT2D eigenvalue weighted by Crippen LogP contribution is -2.33. The summed E-state index contributed by atoms with van der Waals surface area (Å²) in [7, 11) is 0. The minimum Gasteiger partial charge on any atom is -0.362 e. The van der Waals surface area contributed by atoms with Gasteiger partial charge in [-0.15, -0.1) is 0 Å². The van der Waals surface area contributed by atoms with Crippen LogP contribution in [-0.4, -0.2) is 5.66 Å². The normalized spacial score (nSPS) is 15.4. The average Bonchev–Trinajstić information content (AvgIpc) is 2.67. The molecule has 0 atom stereocenters. The van der Waals surface area contributed by atoms with Crippen molar-refractivity contribution in [2.75, 3.05) is 10.6 Å². The first-order chi connectivity index (χ1) is 9.43. The highest BCUT2D eigenvalue weighted by molar-refractivity contribution is 5.76. The lowest BCUT2D eigenvalue weighted by molar-refractivity contribution is 0.675. The summed E-state index contributed by atoms with van der Waals surface area (Å²) < 4.78 is 0. The van der Waals surface area contributed by atoms with E-state index in [1.165, 1.54) is 33.6 Å². The Bertz CT molecular complexity index is 656. The Kier molecular flexibility index (Phi) is 2.97. The fourth-order valence-corrected chi connectivity index (χ4v) is 2.77. The van der Waals surface area contributed by atoms with Gasteiger partial charge < -0.3 is 10.6 Å². The molecule has 1 aliphatic heterocycles. The van der Waals surface area contributed by atoms with E-state index in [0.717, 1.165) is 6.42 Å². The minimum absolute atomic E-state index is 0.0542. The highest BCUT2D eigenvalue weighted by Gasteiger charge is 2.25. The summed E-state index contributed by atoms with van der Waals surface area (Å²) in [5.41, 5.74) is 7.79. The van der Waals surface area contributed by atoms with E-state index in [0.29, 0.717) is 0 Å². The first kappa shape index (κ1) is 13.0. The van der Waals surface area contributed by atoms with Crippen LogP contribution in [0.1, 0.15) is 36.1 Å². The van der Waals surface area contributed by atoms with E-state index in [1.54, 1.807) is 0 Å². The highest BCUT2D eigenvalue weighted by atomic mass is 15.2. The molecule has 104 valence electrons. The van der Waals surface area contributed by atoms with Gasteiger partial charge in [0.05, 0.1) is 11.4 Å². The van der Waals surface area contributed by atoms with Crippen molar-refractivity contribution in [3.05, 3.63) is 58.7 Å². The smallest absolute Gasteiger partial charge is 0.102 e. The molecule has 2 heteroatoms. The molecule has 0 spiro atoms. The van der Waals surface area contributed by atoms with Gasteiger partial charge in [-0.05, 0) is 68.5 Å². The fraction of sp³-hybridized carbons (Fsp3) is 0.333. The van der Waals surface area contributed by atoms with E-state index in [1.807, 2.05) is 0 Å². The van der Waals surface area contributed by atoms with Gasteiger partial charge in [-0.25, -0.2) is 0 Å². The molecular formula is C18H22N2. The maximum absolute atomic E-state index is 3.51. The lowest BCUT2D eigenvalue weighted by atomic mass is 10.00. The maximum Gasteiger partial charge on any atom is 0.102 e. The third-order valence-corrected chi connectivity index (χ3v) is 3.96. The molecule has 0 saturated heterocycles. The topological polar surface area (TPSA) is 24.1 Å². The summed E-state index contributed by atoms with van der Waals surface area (Å²) in [4.78, 5) is 0. The summed E-state index contributed by atoms with van der Waals surface area (Å²) in [6, 6.07) is 13.4. The molecule has 0 aromatic heterocycles. The van der Waals surface area contributed by atoms with Crippen LogP contribution in [0.25, 0.3) is 0 Å². The predicted octanol–water partition coefficient (Wildman–Crippen LogP) is 4.47. The summed E-state index contributed by atoms with van der Waals surface area (Å²) >= 11 is 0. The van der Waals surface area contributed by atoms with Crippen molar-refractivity contribution in [2.24, 2.45) is 0 Å². The van der Waals surface area contributed by atoms with Crippen LogP contribution in [0.5, 0.6) is 0 Å². The van der Waals surface area contributed by atoms with Gasteiger partial charge in [-0.1, -0.05) is 24.3 Å². The number of fused-ring (bicyclic) bond motifs is 1. The predicted molar refractivity (Wildman–Crippen MR) is 86.5 cm³/mol. The number of anilines is 2. The van der Waals surface area contributed by atoms with E-state index >= 15 is 0 Å². The van der Waals surface area contributed by atoms with E-state index in [4.69, 9.17) is 0 Å². The van der Waals surface area contributed by atoms with Crippen LogP contribution < -0.4 is 10.6 Å². The number of nitrogens with one attached hydrogen (secondary N) is 2. The second-order valence-electron chi connectivity index (χ2n) is 6.35. The first-order valence-corrected chi connectivity index (χ1v) is 7.18. The molecule has 0 radical (unpaired) electrons. The van der Waals surface area contributed by atoms with Gasteiger partial charge >= 0.3 is 0 Å². The number of aryl methyl sites for hydroxylation is 2. The van der Waals surface area contributed by atoms with Crippen LogP contribution in [0.15, 0.2) is 36.4 Å². The molecule has 0 fully saturated rings. The first-order valence-electron chi connectivity index (χ1n) is 7.18. The Morgan fingerprint density at radius 1 is 0.800 bits per heavy atom. The van der Waals surface area contributed by atoms with Crippen molar-refractivity contribution in [1.29, 1.82) is 0 Å². The summed E-state index contributed by atoms with van der Waals surface area (Å²) in [5, 5.41) is 6.98. The Morgan fingerprint density at radius 2 is 1.45 bits per heavy atom. The molecule has 0 saturated carbocycles. The summed E-state index contributed by atoms with van der Waals surface area (Å²) in [6.45, 7) is 8.63. The molecule has 1 aliphatic rings. The van der Waals surface area contributed by atoms with Crippen LogP contribution in [0, 0.1) is 13.8 Å². The van der Waals surface area contributed by atoms with Crippen LogP contribution in [0.3, 0.4) is 0 Å². The monoisotopic (exact) mass is 266 g/mol. The summed E-state index contributed by atoms with van der Waals surface area (Å²) in [5.74, 6) is 0. The van der Waals surface area contributed by atoms with Gasteiger partial charge in [0.1, 0.15) is 5.66 Å². The van der Waals surface area contributed by atoms with Gasteiger partial charge in [0.2, 0.25) is 0 Å². The van der Waals surface area contributed by atoms with Crippen LogP contribution in [0.4, 0.5) is 11.4 Å². The van der Waals surface area contributed by atoms with E-state index < -0.39 is 0 Å². The van der Waals surface area contributed by atoms with Gasteiger partial charge in [-0.2, -0.15) is 0 Å². The van der Waals surface area contributed by atoms with Gasteiger partial charge in [0.15, 0.2) is 0 Å². The quantitative estimate of drug-likeness (QED) is 0.838. The summed E-state index contributed by atoms with van der Waals surface area (Å²) in [6.07, 6.45) is 0.983. The van der Waals surface area contributed by atoms with E-state index in [9.17, 15) is 0 Å². The zero-order valence-corrected chi connectivity index (χ0v) is 12.7. The Hall–Kier alpha value is -1.96. The fourth-order valence-electron chi connectivity index (χ4n) is 2.77. The van der Waals surface area contributed by atoms with Crippen molar-refractivity contribution in [2.45, 2.75) is 39.8 Å². The van der Waals surface area contributed by atoms with Gasteiger partial charge in [0.25, 0.3) is 0 Å². The molecular weight excluding hydrogens is 244 g/mol. The number of hydrogen-bond donors (Lipinski definition) is 2. The molecule has 20 heavy (non-hydrogen) atoms. The zero-order chi connectivity index (χ0) is 14.3. The number of rotatable bonds is 2. The molecule has 2 nitrogen and oxygen atoms in total. The molecule has 0 amide bonds. The van der Waals surface area contributed by atoms with Crippen molar-refractivity contribution < 1.29 is 0 Å². The number of hydrogen-bond acceptors (Lipinski definition) is 2. The molecule has 2 aromatic carbocycles. The zero-order valence-electron chi connectivity index (χ0n) is 12.7. The third-order valence-electron chi connectivity index (χ3n) is 3.96. The standard InChI is InChI=1S/C18H22N2/c1-12-5-6-14(9-13(12)2)10-15-7-8-16-17(11-15)20-18(3,4)19-16/h5-9,11,19-20H,10H2,1-4H3. The largest absolute Gasteiger partial charge is 0.362 e. The van der Waals surface area contributed by atoms with Crippen molar-refractivity contribution in [3.8, 4) is 0 Å². The van der Waals surface area contributed by atoms with Crippen LogP contribution in [0.2, 0.25) is 0 Å². The average molecular weight is 266 g/mol. The molecule has 1 heterocycles. The van der Waals surface area contributed by atoms with Gasteiger partial charge in [0, 0.05) is 0 Å². The molecule has 2 aromatic rings. The number of benzene rings is 2. The molecule has 0 aliphatic carbocycles. The third kappa shape index (κ3) is 2.51. The lowest BCUT2D eigenvalue weighted by Gasteiger charge is -2.19. The Balaban J connectivity index is 1.84. The van der Waals surface area contributed by atoms with Crippen molar-refractivity contribution >= 4 is 11.4 Å². The van der Waals surface area contributed by atoms with E-state index in [2.05, 4.69) is 74.7 Å². The van der Waals surface area contributed by atoms with Crippen LogP contribution in [-0.2, 0) is 6.42 Å². The van der Waals surface area contributed by atoms with Gasteiger partial charge in [-0.3, -0.25) is 0 Å². The highest BCUT2D eigenvalue weighted by Crippen LogP contribution is 2.34. The second kappa shape index (κ2) is 4.55. The second-order valence-corrected chi connectivity index (χ2v) is 6.35. The van der Waals surface area contributed by atoms with E-state index in [-0.39, 0.29) is 5.66 Å². The Morgan fingerprint density at radius 3 is 2.20 bits per heavy atom.